The standard InChI is InChI=1S/C11H14ClN3/c12-10-7-9(8-14-13)3-4-11(10)15-5-1-2-6-15/h3-4,7-8H,1-2,5-6,13H2. The highest BCUT2D eigenvalue weighted by atomic mass is 35.5. The Balaban J connectivity index is 2.25. The Hall–Kier alpha value is -1.22. The predicted octanol–water partition coefficient (Wildman–Crippen LogP) is 2.23. The second-order valence-electron chi connectivity index (χ2n) is 3.68. The van der Waals surface area contributed by atoms with E-state index in [2.05, 4.69) is 10.0 Å². The molecule has 0 spiro atoms. The van der Waals surface area contributed by atoms with Crippen LogP contribution in [0.5, 0.6) is 0 Å². The highest BCUT2D eigenvalue weighted by Gasteiger charge is 2.14. The molecule has 3 nitrogen and oxygen atoms in total. The molecule has 0 saturated carbocycles. The number of nitrogens with two attached hydrogens (primary N) is 1. The fourth-order valence-corrected chi connectivity index (χ4v) is 2.21. The van der Waals surface area contributed by atoms with Crippen LogP contribution in [0.15, 0.2) is 23.3 Å². The molecule has 1 aromatic carbocycles. The van der Waals surface area contributed by atoms with Crippen molar-refractivity contribution in [1.82, 2.24) is 0 Å². The first kappa shape index (κ1) is 10.3. The molecular formula is C11H14ClN3. The number of anilines is 1. The summed E-state index contributed by atoms with van der Waals surface area (Å²) in [6.45, 7) is 2.20. The minimum Gasteiger partial charge on any atom is -0.370 e. The largest absolute Gasteiger partial charge is 0.370 e. The summed E-state index contributed by atoms with van der Waals surface area (Å²) in [5, 5.41) is 4.25. The molecule has 1 aliphatic rings. The minimum absolute atomic E-state index is 0.773. The van der Waals surface area contributed by atoms with Crippen LogP contribution in [-0.2, 0) is 0 Å². The van der Waals surface area contributed by atoms with Crippen molar-refractivity contribution in [3.8, 4) is 0 Å². The second-order valence-corrected chi connectivity index (χ2v) is 4.09. The number of nitrogens with zero attached hydrogens (tertiary/aromatic N) is 2. The van der Waals surface area contributed by atoms with E-state index < -0.39 is 0 Å². The fourth-order valence-electron chi connectivity index (χ4n) is 1.90. The van der Waals surface area contributed by atoms with Crippen molar-refractivity contribution in [2.45, 2.75) is 12.8 Å². The molecule has 2 N–H and O–H groups in total. The molecule has 0 unspecified atom stereocenters. The Morgan fingerprint density at radius 2 is 2.07 bits per heavy atom. The van der Waals surface area contributed by atoms with Gasteiger partial charge in [0, 0.05) is 13.1 Å². The zero-order chi connectivity index (χ0) is 10.7. The number of hydrazone groups is 1. The van der Waals surface area contributed by atoms with Crippen LogP contribution in [0, 0.1) is 0 Å². The van der Waals surface area contributed by atoms with Gasteiger partial charge in [-0.1, -0.05) is 17.7 Å². The van der Waals surface area contributed by atoms with Gasteiger partial charge in [0.05, 0.1) is 16.9 Å². The molecule has 0 bridgehead atoms. The van der Waals surface area contributed by atoms with Gasteiger partial charge in [0.2, 0.25) is 0 Å². The maximum absolute atomic E-state index is 6.20. The first-order valence-electron chi connectivity index (χ1n) is 5.09. The molecule has 0 radical (unpaired) electrons. The van der Waals surface area contributed by atoms with Crippen molar-refractivity contribution in [1.29, 1.82) is 0 Å². The maximum Gasteiger partial charge on any atom is 0.0646 e. The summed E-state index contributed by atoms with van der Waals surface area (Å²) < 4.78 is 0. The van der Waals surface area contributed by atoms with E-state index in [1.807, 2.05) is 18.2 Å². The summed E-state index contributed by atoms with van der Waals surface area (Å²) in [6, 6.07) is 5.91. The Kier molecular flexibility index (Phi) is 3.11. The van der Waals surface area contributed by atoms with Crippen LogP contribution in [0.4, 0.5) is 5.69 Å². The Bertz CT molecular complexity index is 370. The Morgan fingerprint density at radius 1 is 1.33 bits per heavy atom. The van der Waals surface area contributed by atoms with Crippen LogP contribution >= 0.6 is 11.6 Å². The zero-order valence-corrected chi connectivity index (χ0v) is 9.24. The van der Waals surface area contributed by atoms with E-state index in [1.165, 1.54) is 12.8 Å². The van der Waals surface area contributed by atoms with Crippen LogP contribution in [0.2, 0.25) is 5.02 Å². The van der Waals surface area contributed by atoms with Gasteiger partial charge >= 0.3 is 0 Å². The monoisotopic (exact) mass is 223 g/mol. The van der Waals surface area contributed by atoms with E-state index in [0.29, 0.717) is 0 Å². The quantitative estimate of drug-likeness (QED) is 0.475. The first-order valence-corrected chi connectivity index (χ1v) is 5.47. The van der Waals surface area contributed by atoms with Gasteiger partial charge in [-0.2, -0.15) is 5.10 Å². The summed E-state index contributed by atoms with van der Waals surface area (Å²) in [6.07, 6.45) is 4.10. The third-order valence-corrected chi connectivity index (χ3v) is 2.94. The van der Waals surface area contributed by atoms with Gasteiger partial charge in [0.1, 0.15) is 0 Å². The number of halogens is 1. The molecule has 15 heavy (non-hydrogen) atoms. The van der Waals surface area contributed by atoms with Gasteiger partial charge in [0.15, 0.2) is 0 Å². The average molecular weight is 224 g/mol. The van der Waals surface area contributed by atoms with Gasteiger partial charge in [-0.05, 0) is 30.5 Å². The van der Waals surface area contributed by atoms with Crippen molar-refractivity contribution < 1.29 is 0 Å². The summed E-state index contributed by atoms with van der Waals surface area (Å²) in [5.41, 5.74) is 2.05. The van der Waals surface area contributed by atoms with Crippen LogP contribution in [0.1, 0.15) is 18.4 Å². The summed E-state index contributed by atoms with van der Waals surface area (Å²) in [4.78, 5) is 2.31. The molecule has 1 fully saturated rings. The molecule has 80 valence electrons. The van der Waals surface area contributed by atoms with Crippen LogP contribution in [0.25, 0.3) is 0 Å². The van der Waals surface area contributed by atoms with Crippen molar-refractivity contribution in [3.63, 3.8) is 0 Å². The number of hydrogen-bond acceptors (Lipinski definition) is 3. The molecule has 2 rings (SSSR count). The molecular weight excluding hydrogens is 210 g/mol. The number of benzene rings is 1. The predicted molar refractivity (Wildman–Crippen MR) is 64.7 cm³/mol. The molecule has 0 aliphatic carbocycles. The summed E-state index contributed by atoms with van der Waals surface area (Å²) in [5.74, 6) is 5.09. The first-order chi connectivity index (χ1) is 7.31. The van der Waals surface area contributed by atoms with E-state index in [4.69, 9.17) is 17.4 Å². The lowest BCUT2D eigenvalue weighted by Crippen LogP contribution is -2.17. The molecule has 1 saturated heterocycles. The van der Waals surface area contributed by atoms with Gasteiger partial charge in [-0.25, -0.2) is 0 Å². The molecule has 1 aromatic rings. The van der Waals surface area contributed by atoms with E-state index in [1.54, 1.807) is 6.21 Å². The van der Waals surface area contributed by atoms with E-state index in [-0.39, 0.29) is 0 Å². The minimum atomic E-state index is 0.773. The average Bonchev–Trinajstić information content (AvgIpc) is 2.71. The van der Waals surface area contributed by atoms with Gasteiger partial charge in [-0.3, -0.25) is 0 Å². The summed E-state index contributed by atoms with van der Waals surface area (Å²) in [7, 11) is 0. The van der Waals surface area contributed by atoms with Crippen molar-refractivity contribution >= 4 is 23.5 Å². The zero-order valence-electron chi connectivity index (χ0n) is 8.49. The number of rotatable bonds is 2. The lowest BCUT2D eigenvalue weighted by atomic mass is 10.2. The second kappa shape index (κ2) is 4.53. The maximum atomic E-state index is 6.20. The normalized spacial score (nSPS) is 16.5. The van der Waals surface area contributed by atoms with Crippen molar-refractivity contribution in [2.24, 2.45) is 10.9 Å². The van der Waals surface area contributed by atoms with Crippen molar-refractivity contribution in [2.75, 3.05) is 18.0 Å². The molecule has 0 amide bonds. The van der Waals surface area contributed by atoms with Crippen LogP contribution in [0.3, 0.4) is 0 Å². The smallest absolute Gasteiger partial charge is 0.0646 e. The Labute approximate surface area is 94.5 Å². The van der Waals surface area contributed by atoms with Crippen LogP contribution < -0.4 is 10.7 Å². The highest BCUT2D eigenvalue weighted by molar-refractivity contribution is 6.33. The topological polar surface area (TPSA) is 41.6 Å². The lowest BCUT2D eigenvalue weighted by Gasteiger charge is -2.19. The molecule has 4 heteroatoms. The van der Waals surface area contributed by atoms with Crippen molar-refractivity contribution in [3.05, 3.63) is 28.8 Å². The number of hydrogen-bond donors (Lipinski definition) is 1. The van der Waals surface area contributed by atoms with E-state index >= 15 is 0 Å². The fraction of sp³-hybridized carbons (Fsp3) is 0.364. The molecule has 1 aliphatic heterocycles. The summed E-state index contributed by atoms with van der Waals surface area (Å²) >= 11 is 6.20. The van der Waals surface area contributed by atoms with Gasteiger partial charge in [0.25, 0.3) is 0 Å². The third kappa shape index (κ3) is 2.23. The molecule has 0 atom stereocenters. The van der Waals surface area contributed by atoms with Gasteiger partial charge < -0.3 is 10.7 Å². The van der Waals surface area contributed by atoms with Crippen LogP contribution in [-0.4, -0.2) is 19.3 Å². The van der Waals surface area contributed by atoms with E-state index in [0.717, 1.165) is 29.4 Å². The molecule has 0 aromatic heterocycles. The van der Waals surface area contributed by atoms with E-state index in [9.17, 15) is 0 Å². The SMILES string of the molecule is NN=Cc1ccc(N2CCCC2)c(Cl)c1. The third-order valence-electron chi connectivity index (χ3n) is 2.64. The molecule has 1 heterocycles. The highest BCUT2D eigenvalue weighted by Crippen LogP contribution is 2.29. The lowest BCUT2D eigenvalue weighted by molar-refractivity contribution is 0.949. The Morgan fingerprint density at radius 3 is 2.67 bits per heavy atom. The van der Waals surface area contributed by atoms with Gasteiger partial charge in [-0.15, -0.1) is 0 Å².